The van der Waals surface area contributed by atoms with E-state index in [1.54, 1.807) is 30.3 Å². The van der Waals surface area contributed by atoms with Gasteiger partial charge in [-0.15, -0.1) is 0 Å². The van der Waals surface area contributed by atoms with E-state index in [4.69, 9.17) is 23.7 Å². The molecule has 1 saturated heterocycles. The van der Waals surface area contributed by atoms with Gasteiger partial charge in [0.1, 0.15) is 29.9 Å². The molecule has 1 aromatic carbocycles. The van der Waals surface area contributed by atoms with Crippen molar-refractivity contribution in [2.75, 3.05) is 33.0 Å². The van der Waals surface area contributed by atoms with Crippen molar-refractivity contribution in [3.8, 4) is 0 Å². The molecule has 1 aliphatic heterocycles. The second-order valence-corrected chi connectivity index (χ2v) is 13.3. The van der Waals surface area contributed by atoms with Crippen molar-refractivity contribution < 1.29 is 32.1 Å². The summed E-state index contributed by atoms with van der Waals surface area (Å²) in [6.45, 7) is 11.0. The molecular weight excluding hydrogens is 512 g/mol. The third-order valence-electron chi connectivity index (χ3n) is 6.19. The molecule has 7 nitrogen and oxygen atoms in total. The quantitative estimate of drug-likeness (QED) is 0.138. The van der Waals surface area contributed by atoms with E-state index in [0.29, 0.717) is 33.0 Å². The zero-order valence-corrected chi connectivity index (χ0v) is 24.8. The third kappa shape index (κ3) is 11.1. The molecule has 214 valence electrons. The van der Waals surface area contributed by atoms with Crippen LogP contribution in [0.3, 0.4) is 0 Å². The van der Waals surface area contributed by atoms with E-state index in [1.165, 1.54) is 0 Å². The Morgan fingerprint density at radius 2 is 1.24 bits per heavy atom. The van der Waals surface area contributed by atoms with Crippen LogP contribution in [0.25, 0.3) is 0 Å². The summed E-state index contributed by atoms with van der Waals surface area (Å²) in [4.78, 5) is 0.247. The van der Waals surface area contributed by atoms with Crippen molar-refractivity contribution >= 4 is 19.7 Å². The molecule has 5 atom stereocenters. The first-order valence-corrected chi connectivity index (χ1v) is 16.9. The van der Waals surface area contributed by atoms with E-state index in [-0.39, 0.29) is 4.90 Å². The van der Waals surface area contributed by atoms with Gasteiger partial charge in [-0.05, 0) is 37.8 Å². The molecule has 37 heavy (non-hydrogen) atoms. The average molecular weight is 561 g/mol. The molecule has 5 unspecified atom stereocenters. The van der Waals surface area contributed by atoms with Gasteiger partial charge in [-0.1, -0.05) is 71.6 Å². The lowest BCUT2D eigenvalue weighted by molar-refractivity contribution is -0.247. The fourth-order valence-corrected chi connectivity index (χ4v) is 7.22. The summed E-state index contributed by atoms with van der Waals surface area (Å²) in [6.07, 6.45) is 5.73. The van der Waals surface area contributed by atoms with E-state index in [0.717, 1.165) is 62.2 Å². The highest BCUT2D eigenvalue weighted by Gasteiger charge is 2.50. The average Bonchev–Trinajstić information content (AvgIpc) is 2.90. The first-order chi connectivity index (χ1) is 18.0. The lowest BCUT2D eigenvalue weighted by atomic mass is 9.99. The smallest absolute Gasteiger partial charge is 0.232 e. The summed E-state index contributed by atoms with van der Waals surface area (Å²) in [5.74, 6) is 0. The summed E-state index contributed by atoms with van der Waals surface area (Å²) in [6, 6.07) is 8.47. The molecule has 0 aromatic heterocycles. The molecule has 0 aliphatic carbocycles. The number of rotatable bonds is 20. The third-order valence-corrected chi connectivity index (χ3v) is 9.77. The molecular formula is C28H48O7S2. The van der Waals surface area contributed by atoms with E-state index in [9.17, 15) is 8.42 Å². The fourth-order valence-electron chi connectivity index (χ4n) is 3.96. The van der Waals surface area contributed by atoms with Crippen LogP contribution < -0.4 is 0 Å². The van der Waals surface area contributed by atoms with Gasteiger partial charge in [-0.3, -0.25) is 0 Å². The highest BCUT2D eigenvalue weighted by Crippen LogP contribution is 2.38. The minimum Gasteiger partial charge on any atom is -0.379 e. The van der Waals surface area contributed by atoms with Gasteiger partial charge < -0.3 is 23.7 Å². The summed E-state index contributed by atoms with van der Waals surface area (Å²) in [5, 5.41) is 0. The van der Waals surface area contributed by atoms with Gasteiger partial charge in [0.05, 0.1) is 11.5 Å². The zero-order chi connectivity index (χ0) is 26.9. The van der Waals surface area contributed by atoms with Gasteiger partial charge in [-0.2, -0.15) is 0 Å². The van der Waals surface area contributed by atoms with Crippen LogP contribution in [0.5, 0.6) is 0 Å². The Bertz CT molecular complexity index is 806. The van der Waals surface area contributed by atoms with Gasteiger partial charge >= 0.3 is 0 Å². The second-order valence-electron chi connectivity index (χ2n) is 9.40. The van der Waals surface area contributed by atoms with Gasteiger partial charge in [0.25, 0.3) is 0 Å². The van der Waals surface area contributed by atoms with Crippen LogP contribution in [0.15, 0.2) is 35.2 Å². The second kappa shape index (κ2) is 18.6. The monoisotopic (exact) mass is 560 g/mol. The largest absolute Gasteiger partial charge is 0.379 e. The topological polar surface area (TPSA) is 80.3 Å². The van der Waals surface area contributed by atoms with Gasteiger partial charge in [-0.25, -0.2) is 8.42 Å². The normalized spacial score (nSPS) is 24.4. The van der Waals surface area contributed by atoms with Crippen LogP contribution in [0.4, 0.5) is 0 Å². The molecule has 1 aliphatic rings. The molecule has 0 saturated carbocycles. The van der Waals surface area contributed by atoms with Crippen molar-refractivity contribution in [1.82, 2.24) is 0 Å². The van der Waals surface area contributed by atoms with Crippen LogP contribution >= 0.6 is 10.8 Å². The zero-order valence-electron chi connectivity index (χ0n) is 23.1. The van der Waals surface area contributed by atoms with Gasteiger partial charge in [0.2, 0.25) is 8.87 Å². The molecule has 0 N–H and O–H groups in total. The number of ether oxygens (including phenoxy) is 5. The predicted octanol–water partition coefficient (Wildman–Crippen LogP) is 6.21. The molecule has 0 amide bonds. The van der Waals surface area contributed by atoms with Crippen LogP contribution in [-0.4, -0.2) is 71.3 Å². The lowest BCUT2D eigenvalue weighted by Gasteiger charge is -2.45. The highest BCUT2D eigenvalue weighted by molar-refractivity contribution is 8.72. The standard InChI is InChI=1S/C28H48O7S2/c1-5-9-18-31-22-24-25(32-19-10-6-2)26(33-20-11-7-3)27(34-21-12-8-4)28(35-24)36-37(29,30)23-16-14-13-15-17-23/h13-17,24-28H,5-12,18-22H2,1-4H3. The number of unbranched alkanes of at least 4 members (excludes halogenated alkanes) is 4. The maximum atomic E-state index is 13.4. The maximum Gasteiger partial charge on any atom is 0.232 e. The summed E-state index contributed by atoms with van der Waals surface area (Å²) >= 11 is 0. The lowest BCUT2D eigenvalue weighted by Crippen LogP contribution is -2.61. The minimum atomic E-state index is -3.69. The van der Waals surface area contributed by atoms with Crippen molar-refractivity contribution in [2.45, 2.75) is 114 Å². The molecule has 1 fully saturated rings. The van der Waals surface area contributed by atoms with Crippen molar-refractivity contribution in [3.05, 3.63) is 30.3 Å². The highest BCUT2D eigenvalue weighted by atomic mass is 33.1. The van der Waals surface area contributed by atoms with Crippen LogP contribution in [0.2, 0.25) is 0 Å². The maximum absolute atomic E-state index is 13.4. The van der Waals surface area contributed by atoms with E-state index in [1.807, 2.05) is 0 Å². The Morgan fingerprint density at radius 1 is 0.730 bits per heavy atom. The van der Waals surface area contributed by atoms with Crippen molar-refractivity contribution in [1.29, 1.82) is 0 Å². The Balaban J connectivity index is 2.37. The SMILES string of the molecule is CCCCOCC1OC(SS(=O)(=O)c2ccccc2)C(OCCCC)C(OCCCC)C1OCCCC. The number of hydrogen-bond donors (Lipinski definition) is 0. The Hall–Kier alpha value is -0.680. The van der Waals surface area contributed by atoms with Crippen LogP contribution in [0, 0.1) is 0 Å². The number of benzene rings is 1. The minimum absolute atomic E-state index is 0.247. The van der Waals surface area contributed by atoms with Gasteiger partial charge in [0, 0.05) is 37.2 Å². The fraction of sp³-hybridized carbons (Fsp3) is 0.786. The van der Waals surface area contributed by atoms with E-state index >= 15 is 0 Å². The molecule has 0 radical (unpaired) electrons. The van der Waals surface area contributed by atoms with Crippen LogP contribution in [0.1, 0.15) is 79.1 Å². The first-order valence-electron chi connectivity index (χ1n) is 14.0. The molecule has 2 rings (SSSR count). The summed E-state index contributed by atoms with van der Waals surface area (Å²) < 4.78 is 58.3. The predicted molar refractivity (Wildman–Crippen MR) is 150 cm³/mol. The summed E-state index contributed by atoms with van der Waals surface area (Å²) in [7, 11) is -2.89. The summed E-state index contributed by atoms with van der Waals surface area (Å²) in [5.41, 5.74) is -0.778. The Kier molecular flexibility index (Phi) is 16.3. The van der Waals surface area contributed by atoms with E-state index in [2.05, 4.69) is 27.7 Å². The molecule has 9 heteroatoms. The van der Waals surface area contributed by atoms with E-state index < -0.39 is 38.7 Å². The van der Waals surface area contributed by atoms with Gasteiger partial charge in [0.15, 0.2) is 0 Å². The molecule has 1 heterocycles. The van der Waals surface area contributed by atoms with Crippen LogP contribution in [-0.2, 0) is 32.6 Å². The molecule has 0 spiro atoms. The Morgan fingerprint density at radius 3 is 1.81 bits per heavy atom. The Labute approximate surface area is 228 Å². The first kappa shape index (κ1) is 32.5. The van der Waals surface area contributed by atoms with Crippen molar-refractivity contribution in [2.24, 2.45) is 0 Å². The molecule has 1 aromatic rings. The molecule has 0 bridgehead atoms. The van der Waals surface area contributed by atoms with Crippen molar-refractivity contribution in [3.63, 3.8) is 0 Å². The number of hydrogen-bond acceptors (Lipinski definition) is 8.